The van der Waals surface area contributed by atoms with Crippen LogP contribution in [0.3, 0.4) is 0 Å². The first-order valence-corrected chi connectivity index (χ1v) is 1.48. The van der Waals surface area contributed by atoms with Crippen LogP contribution in [0, 0.1) is 6.92 Å². The minimum atomic E-state index is 0. The van der Waals surface area contributed by atoms with Gasteiger partial charge in [0.2, 0.25) is 0 Å². The SMILES string of the molecule is C=C/C=C/[CH2-].[K+]. The van der Waals surface area contributed by atoms with Crippen molar-refractivity contribution in [2.24, 2.45) is 0 Å². The van der Waals surface area contributed by atoms with E-state index in [4.69, 9.17) is 0 Å². The van der Waals surface area contributed by atoms with Crippen LogP contribution in [0.15, 0.2) is 24.8 Å². The Labute approximate surface area is 81.7 Å². The molecule has 0 aromatic rings. The third-order valence-electron chi connectivity index (χ3n) is 0.272. The van der Waals surface area contributed by atoms with Gasteiger partial charge in [0.25, 0.3) is 0 Å². The molecule has 0 unspecified atom stereocenters. The van der Waals surface area contributed by atoms with E-state index in [0.29, 0.717) is 0 Å². The summed E-state index contributed by atoms with van der Waals surface area (Å²) < 4.78 is 0. The van der Waals surface area contributed by atoms with Crippen LogP contribution in [-0.2, 0) is 0 Å². The van der Waals surface area contributed by atoms with Gasteiger partial charge in [-0.05, 0) is 0 Å². The Morgan fingerprint density at radius 2 is 2.00 bits per heavy atom. The van der Waals surface area contributed by atoms with E-state index in [0.717, 1.165) is 0 Å². The summed E-state index contributed by atoms with van der Waals surface area (Å²) in [5, 5.41) is 0. The molecule has 0 aliphatic heterocycles. The van der Waals surface area contributed by atoms with Crippen LogP contribution in [0.2, 0.25) is 0 Å². The molecule has 0 aromatic heterocycles. The van der Waals surface area contributed by atoms with Crippen molar-refractivity contribution in [3.05, 3.63) is 31.7 Å². The van der Waals surface area contributed by atoms with E-state index >= 15 is 0 Å². The van der Waals surface area contributed by atoms with Crippen molar-refractivity contribution in [1.29, 1.82) is 0 Å². The van der Waals surface area contributed by atoms with Crippen molar-refractivity contribution in [1.82, 2.24) is 0 Å². The van der Waals surface area contributed by atoms with E-state index in [-0.39, 0.29) is 51.4 Å². The van der Waals surface area contributed by atoms with Crippen molar-refractivity contribution in [3.63, 3.8) is 0 Å². The second-order valence-corrected chi connectivity index (χ2v) is 0.664. The van der Waals surface area contributed by atoms with Crippen molar-refractivity contribution < 1.29 is 51.4 Å². The summed E-state index contributed by atoms with van der Waals surface area (Å²) in [6.07, 6.45) is 5.15. The zero-order chi connectivity index (χ0) is 4.12. The minimum Gasteiger partial charge on any atom is -0.245 e. The molecule has 0 aromatic carbocycles. The van der Waals surface area contributed by atoms with E-state index in [9.17, 15) is 0 Å². The molecule has 0 amide bonds. The van der Waals surface area contributed by atoms with Crippen molar-refractivity contribution in [2.45, 2.75) is 0 Å². The van der Waals surface area contributed by atoms with Gasteiger partial charge in [0.15, 0.2) is 0 Å². The molecule has 0 aliphatic rings. The van der Waals surface area contributed by atoms with Crippen LogP contribution in [-0.4, -0.2) is 0 Å². The predicted molar refractivity (Wildman–Crippen MR) is 24.7 cm³/mol. The van der Waals surface area contributed by atoms with Gasteiger partial charge in [-0.3, -0.25) is 0 Å². The number of allylic oxidation sites excluding steroid dienone is 3. The van der Waals surface area contributed by atoms with Gasteiger partial charge in [-0.15, -0.1) is 6.58 Å². The molecular weight excluding hydrogens is 99.2 g/mol. The third kappa shape index (κ3) is 8.88. The van der Waals surface area contributed by atoms with E-state index in [1.165, 1.54) is 0 Å². The van der Waals surface area contributed by atoms with E-state index < -0.39 is 0 Å². The Morgan fingerprint density at radius 1 is 1.50 bits per heavy atom. The summed E-state index contributed by atoms with van der Waals surface area (Å²) in [5.41, 5.74) is 0. The molecule has 0 N–H and O–H groups in total. The first kappa shape index (κ1) is 10.1. The van der Waals surface area contributed by atoms with Crippen LogP contribution < -0.4 is 51.4 Å². The van der Waals surface area contributed by atoms with Crippen LogP contribution in [0.4, 0.5) is 0 Å². The molecule has 1 heteroatoms. The second-order valence-electron chi connectivity index (χ2n) is 0.664. The third-order valence-corrected chi connectivity index (χ3v) is 0.272. The molecule has 0 spiro atoms. The Balaban J connectivity index is 0. The van der Waals surface area contributed by atoms with Gasteiger partial charge >= 0.3 is 51.4 Å². The number of rotatable bonds is 1. The summed E-state index contributed by atoms with van der Waals surface area (Å²) in [6, 6.07) is 0. The molecule has 0 rings (SSSR count). The maximum Gasteiger partial charge on any atom is 1.00 e. The number of hydrogen-bond acceptors (Lipinski definition) is 0. The molecule has 0 atom stereocenters. The number of hydrogen-bond donors (Lipinski definition) is 0. The zero-order valence-corrected chi connectivity index (χ0v) is 7.27. The van der Waals surface area contributed by atoms with Crippen LogP contribution in [0.1, 0.15) is 0 Å². The van der Waals surface area contributed by atoms with E-state index in [1.807, 2.05) is 0 Å². The van der Waals surface area contributed by atoms with Gasteiger partial charge in [-0.25, -0.2) is 19.1 Å². The summed E-state index contributed by atoms with van der Waals surface area (Å²) in [4.78, 5) is 0. The minimum absolute atomic E-state index is 0. The summed E-state index contributed by atoms with van der Waals surface area (Å²) in [6.45, 7) is 6.85. The monoisotopic (exact) mass is 106 g/mol. The molecule has 0 bridgehead atoms. The fraction of sp³-hybridized carbons (Fsp3) is 0. The fourth-order valence-electron chi connectivity index (χ4n) is 0.0962. The molecular formula is C5H7K. The predicted octanol–water partition coefficient (Wildman–Crippen LogP) is -1.43. The first-order valence-electron chi connectivity index (χ1n) is 1.48. The molecule has 28 valence electrons. The zero-order valence-electron chi connectivity index (χ0n) is 4.15. The normalized spacial score (nSPS) is 7.33. The van der Waals surface area contributed by atoms with Crippen molar-refractivity contribution in [3.8, 4) is 0 Å². The van der Waals surface area contributed by atoms with Gasteiger partial charge in [-0.1, -0.05) is 0 Å². The Morgan fingerprint density at radius 3 is 2.00 bits per heavy atom. The smallest absolute Gasteiger partial charge is 0.245 e. The molecule has 0 aliphatic carbocycles. The van der Waals surface area contributed by atoms with Crippen LogP contribution >= 0.6 is 0 Å². The average molecular weight is 106 g/mol. The standard InChI is InChI=1S/C5H7.K/c1-3-5-4-2;/h3-5H,1-2H2;/q-1;+1/b5-3+;. The summed E-state index contributed by atoms with van der Waals surface area (Å²) in [5.74, 6) is 0. The van der Waals surface area contributed by atoms with Gasteiger partial charge in [0.05, 0.1) is 0 Å². The Hall–Kier alpha value is 0.986. The van der Waals surface area contributed by atoms with Crippen molar-refractivity contribution in [2.75, 3.05) is 0 Å². The molecule has 0 radical (unpaired) electrons. The molecule has 0 fully saturated rings. The summed E-state index contributed by atoms with van der Waals surface area (Å²) in [7, 11) is 0. The molecule has 0 nitrogen and oxygen atoms in total. The van der Waals surface area contributed by atoms with E-state index in [1.54, 1.807) is 18.2 Å². The Kier molecular flexibility index (Phi) is 15.7. The van der Waals surface area contributed by atoms with E-state index in [2.05, 4.69) is 13.5 Å². The van der Waals surface area contributed by atoms with Crippen molar-refractivity contribution >= 4 is 0 Å². The summed E-state index contributed by atoms with van der Waals surface area (Å²) >= 11 is 0. The Bertz CT molecular complexity index is 45.9. The van der Waals surface area contributed by atoms with Gasteiger partial charge in [0.1, 0.15) is 0 Å². The average Bonchev–Trinajstić information content (AvgIpc) is 1.41. The first-order chi connectivity index (χ1) is 2.41. The molecule has 0 saturated heterocycles. The van der Waals surface area contributed by atoms with Gasteiger partial charge in [0, 0.05) is 0 Å². The maximum atomic E-state index is 3.42. The van der Waals surface area contributed by atoms with Crippen LogP contribution in [0.25, 0.3) is 0 Å². The van der Waals surface area contributed by atoms with Gasteiger partial charge < -0.3 is 0 Å². The topological polar surface area (TPSA) is 0 Å². The molecule has 0 saturated carbocycles. The fourth-order valence-corrected chi connectivity index (χ4v) is 0.0962. The molecule has 0 heterocycles. The van der Waals surface area contributed by atoms with Gasteiger partial charge in [-0.2, -0.15) is 6.08 Å². The molecule has 6 heavy (non-hydrogen) atoms. The quantitative estimate of drug-likeness (QED) is 0.218. The second kappa shape index (κ2) is 9.37. The van der Waals surface area contributed by atoms with Crippen LogP contribution in [0.5, 0.6) is 0 Å². The largest absolute Gasteiger partial charge is 1.00 e. The maximum absolute atomic E-state index is 3.42.